The molecule has 0 radical (unpaired) electrons. The molecule has 24 nitrogen and oxygen atoms in total. The van der Waals surface area contributed by atoms with Crippen molar-refractivity contribution >= 4 is 69.3 Å². The quantitative estimate of drug-likeness (QED) is 0.0283. The Morgan fingerprint density at radius 1 is 0.893 bits per heavy atom. The van der Waals surface area contributed by atoms with Gasteiger partial charge < -0.3 is 44.5 Å². The number of carbonyl (C=O) groups excluding carboxylic acids is 4. The lowest BCUT2D eigenvalue weighted by atomic mass is 9.99. The summed E-state index contributed by atoms with van der Waals surface area (Å²) in [6.07, 6.45) is 1.06. The molecule has 9 rings (SSSR count). The summed E-state index contributed by atoms with van der Waals surface area (Å²) in [5, 5.41) is 39.4. The van der Waals surface area contributed by atoms with Gasteiger partial charge in [-0.1, -0.05) is 53.2 Å². The molecular weight excluding hydrogens is 1140 g/mol. The normalized spacial score (nSPS) is 15.8. The summed E-state index contributed by atoms with van der Waals surface area (Å²) in [4.78, 5) is 79.1. The third-order valence-electron chi connectivity index (χ3n) is 14.4. The van der Waals surface area contributed by atoms with Crippen molar-refractivity contribution in [3.8, 4) is 26.9 Å². The van der Waals surface area contributed by atoms with Crippen LogP contribution >= 0.6 is 34.3 Å². The van der Waals surface area contributed by atoms with Crippen LogP contribution in [0.1, 0.15) is 88.0 Å². The predicted molar refractivity (Wildman–Crippen MR) is 313 cm³/mol. The highest BCUT2D eigenvalue weighted by Gasteiger charge is 2.42. The first-order valence-corrected chi connectivity index (χ1v) is 29.1. The largest absolute Gasteiger partial charge is 0.493 e. The molecule has 2 aliphatic heterocycles. The van der Waals surface area contributed by atoms with Crippen LogP contribution in [0.3, 0.4) is 0 Å². The third kappa shape index (κ3) is 14.3. The second-order valence-electron chi connectivity index (χ2n) is 20.1. The average molecular weight is 1210 g/mol. The van der Waals surface area contributed by atoms with E-state index in [2.05, 4.69) is 55.3 Å². The lowest BCUT2D eigenvalue weighted by molar-refractivity contribution is -0.386. The van der Waals surface area contributed by atoms with E-state index in [-0.39, 0.29) is 94.0 Å². The van der Waals surface area contributed by atoms with Gasteiger partial charge in [-0.05, 0) is 69.5 Å². The number of nitrogens with zero attached hydrogens (tertiary/aromatic N) is 10. The van der Waals surface area contributed by atoms with Gasteiger partial charge in [0.2, 0.25) is 23.6 Å². The van der Waals surface area contributed by atoms with Crippen molar-refractivity contribution in [2.45, 2.75) is 104 Å². The van der Waals surface area contributed by atoms with Crippen molar-refractivity contribution in [3.05, 3.63) is 143 Å². The number of aryl methyl sites for hydroxylation is 3. The van der Waals surface area contributed by atoms with Gasteiger partial charge in [-0.3, -0.25) is 38.9 Å². The second-order valence-corrected chi connectivity index (χ2v) is 22.6. The topological polar surface area (TPSA) is 284 Å². The van der Waals surface area contributed by atoms with Crippen molar-refractivity contribution in [2.24, 2.45) is 4.99 Å². The summed E-state index contributed by atoms with van der Waals surface area (Å²) in [7, 11) is 2.79. The van der Waals surface area contributed by atoms with E-state index in [1.807, 2.05) is 66.9 Å². The van der Waals surface area contributed by atoms with Crippen LogP contribution in [0.4, 0.5) is 5.69 Å². The standard InChI is InChI=1S/C57H64ClN13O11S2/c1-32-35(4)84-57-51(32)52(38-12-14-41(58)15-13-38)63-44(54-66-64-36(5)70(54)57)24-50(73)59-17-20-80-21-18-68-27-42(65-67-68)30-81-19-16-49(72)62-34(3)56(75)69-28-43(82-29-40-22-47(78-6)48(79-7)25-45(40)71(76)77)23-46(69)55(74)60-26-37-8-10-39(11-9-37)53-33(2)61-31-83-53/h8-15,22,25,27,31,34,43-44,46H,16-21,23-24,26,28-30H2,1-7H3,(H,59,73)(H,60,74)(H,62,72)/t34-,43+,44-,46-/m0/s1. The SMILES string of the molecule is COc1cc(CO[C@@H]2C[C@@H](C(=O)NCc3ccc(-c4scnc4C)cc3)N(C(=O)[C@H](C)NC(=O)CCOCc3cn(CCOCCNC(=O)C[C@@H]4N=C(c5ccc(Cl)cc5)c5c(sc(C)c5C)-n5c(C)nnc54)nn3)C2)c([N+](=O)[O-])cc1OC. The third-order valence-corrected chi connectivity index (χ3v) is 16.8. The van der Waals surface area contributed by atoms with Gasteiger partial charge in [-0.2, -0.15) is 0 Å². The number of nitro groups is 1. The minimum atomic E-state index is -1.03. The first kappa shape index (κ1) is 60.6. The number of aliphatic imine (C=N–C) groups is 1. The van der Waals surface area contributed by atoms with E-state index in [1.165, 1.54) is 38.2 Å². The Bertz CT molecular complexity index is 3550. The van der Waals surface area contributed by atoms with Crippen LogP contribution < -0.4 is 25.4 Å². The summed E-state index contributed by atoms with van der Waals surface area (Å²) in [6.45, 7) is 10.7. The molecule has 4 aromatic heterocycles. The molecule has 0 unspecified atom stereocenters. The van der Waals surface area contributed by atoms with Gasteiger partial charge in [0.05, 0.1) is 111 Å². The Morgan fingerprint density at radius 2 is 1.64 bits per heavy atom. The van der Waals surface area contributed by atoms with Crippen molar-refractivity contribution in [1.29, 1.82) is 0 Å². The van der Waals surface area contributed by atoms with E-state index >= 15 is 0 Å². The van der Waals surface area contributed by atoms with Crippen LogP contribution in [0, 0.1) is 37.8 Å². The van der Waals surface area contributed by atoms with Gasteiger partial charge in [0.25, 0.3) is 5.69 Å². The molecule has 0 bridgehead atoms. The Morgan fingerprint density at radius 3 is 2.37 bits per heavy atom. The van der Waals surface area contributed by atoms with Crippen LogP contribution in [0.25, 0.3) is 15.4 Å². The summed E-state index contributed by atoms with van der Waals surface area (Å²) in [6, 6.07) is 15.4. The van der Waals surface area contributed by atoms with E-state index in [0.717, 1.165) is 54.0 Å². The number of ether oxygens (including phenoxy) is 5. The summed E-state index contributed by atoms with van der Waals surface area (Å²) < 4.78 is 32.0. The van der Waals surface area contributed by atoms with Crippen LogP contribution in [-0.2, 0) is 59.7 Å². The van der Waals surface area contributed by atoms with Crippen molar-refractivity contribution < 1.29 is 47.8 Å². The second kappa shape index (κ2) is 27.6. The molecule has 4 amide bonds. The fraction of sp³-hybridized carbons (Fsp3) is 0.404. The molecule has 0 spiro atoms. The van der Waals surface area contributed by atoms with Gasteiger partial charge in [-0.25, -0.2) is 9.67 Å². The molecule has 0 aliphatic carbocycles. The number of nitro benzene ring substituents is 1. The summed E-state index contributed by atoms with van der Waals surface area (Å²) in [5.74, 6) is 0.122. The maximum absolute atomic E-state index is 14.1. The van der Waals surface area contributed by atoms with Crippen LogP contribution in [-0.4, -0.2) is 139 Å². The monoisotopic (exact) mass is 1210 g/mol. The zero-order valence-electron chi connectivity index (χ0n) is 47.4. The Kier molecular flexibility index (Phi) is 19.9. The highest BCUT2D eigenvalue weighted by molar-refractivity contribution is 7.15. The van der Waals surface area contributed by atoms with Crippen LogP contribution in [0.2, 0.25) is 5.02 Å². The first-order chi connectivity index (χ1) is 40.5. The first-order valence-electron chi connectivity index (χ1n) is 27.0. The van der Waals surface area contributed by atoms with Crippen LogP contribution in [0.15, 0.2) is 77.4 Å². The predicted octanol–water partition coefficient (Wildman–Crippen LogP) is 6.89. The lowest BCUT2D eigenvalue weighted by Gasteiger charge is -2.27. The number of fused-ring (bicyclic) bond motifs is 3. The number of benzene rings is 3. The zero-order chi connectivity index (χ0) is 59.6. The minimum absolute atomic E-state index is 0.0112. The maximum atomic E-state index is 14.1. The summed E-state index contributed by atoms with van der Waals surface area (Å²) in [5.41, 5.74) is 8.79. The van der Waals surface area contributed by atoms with Crippen molar-refractivity contribution in [2.75, 3.05) is 47.1 Å². The van der Waals surface area contributed by atoms with Gasteiger partial charge >= 0.3 is 0 Å². The number of rotatable bonds is 26. The van der Waals surface area contributed by atoms with Crippen LogP contribution in [0.5, 0.6) is 11.5 Å². The fourth-order valence-corrected chi connectivity index (χ4v) is 12.0. The number of carbonyl (C=O) groups is 4. The van der Waals surface area contributed by atoms with E-state index in [1.54, 1.807) is 39.1 Å². The molecule has 0 saturated carbocycles. The number of thiophene rings is 1. The lowest BCUT2D eigenvalue weighted by Crippen LogP contribution is -2.52. The zero-order valence-corrected chi connectivity index (χ0v) is 49.8. The number of amides is 4. The van der Waals surface area contributed by atoms with Gasteiger partial charge in [0.1, 0.15) is 34.6 Å². The average Bonchev–Trinajstić information content (AvgIpc) is 2.31. The maximum Gasteiger partial charge on any atom is 0.278 e. The van der Waals surface area contributed by atoms with Crippen molar-refractivity contribution in [1.82, 2.24) is 55.6 Å². The summed E-state index contributed by atoms with van der Waals surface area (Å²) >= 11 is 9.44. The molecule has 2 aliphatic rings. The molecule has 27 heteroatoms. The highest BCUT2D eigenvalue weighted by atomic mass is 35.5. The molecule has 6 heterocycles. The molecule has 1 saturated heterocycles. The van der Waals surface area contributed by atoms with E-state index in [9.17, 15) is 29.3 Å². The Labute approximate surface area is 497 Å². The highest BCUT2D eigenvalue weighted by Crippen LogP contribution is 2.40. The molecule has 84 heavy (non-hydrogen) atoms. The molecule has 3 N–H and O–H groups in total. The number of halogens is 1. The van der Waals surface area contributed by atoms with E-state index in [4.69, 9.17) is 40.3 Å². The number of thiazole rings is 1. The number of likely N-dealkylation sites (tertiary alicyclic amines) is 1. The molecule has 1 fully saturated rings. The molecule has 7 aromatic rings. The number of hydrogen-bond donors (Lipinski definition) is 3. The van der Waals surface area contributed by atoms with E-state index in [0.29, 0.717) is 35.5 Å². The van der Waals surface area contributed by atoms with E-state index < -0.39 is 46.9 Å². The Hall–Kier alpha value is -8.01. The smallest absolute Gasteiger partial charge is 0.278 e. The molecular formula is C57H64ClN13O11S2. The van der Waals surface area contributed by atoms with Gasteiger partial charge in [0, 0.05) is 53.5 Å². The number of hydrogen-bond acceptors (Lipinski definition) is 19. The van der Waals surface area contributed by atoms with Gasteiger partial charge in [0.15, 0.2) is 17.3 Å². The Balaban J connectivity index is 0.715. The van der Waals surface area contributed by atoms with Crippen molar-refractivity contribution in [3.63, 3.8) is 0 Å². The fourth-order valence-electron chi connectivity index (χ4n) is 9.86. The molecule has 4 atom stereocenters. The van der Waals surface area contributed by atoms with Gasteiger partial charge in [-0.15, -0.1) is 38.0 Å². The molecule has 442 valence electrons. The number of aromatic nitrogens is 7. The molecule has 3 aromatic carbocycles. The number of nitrogens with one attached hydrogen (secondary N) is 3. The minimum Gasteiger partial charge on any atom is -0.493 e. The number of methoxy groups -OCH3 is 2.